The number of nitriles is 1. The van der Waals surface area contributed by atoms with E-state index in [4.69, 9.17) is 10.00 Å². The number of rotatable bonds is 4. The second kappa shape index (κ2) is 4.15. The minimum atomic E-state index is 0.431. The van der Waals surface area contributed by atoms with E-state index >= 15 is 0 Å². The molecule has 1 fully saturated rings. The summed E-state index contributed by atoms with van der Waals surface area (Å²) in [4.78, 5) is 0. The molecule has 1 aromatic rings. The number of para-hydroxylation sites is 1. The van der Waals surface area contributed by atoms with Crippen LogP contribution in [0.1, 0.15) is 18.4 Å². The minimum absolute atomic E-state index is 0.431. The third kappa shape index (κ3) is 2.26. The fourth-order valence-electron chi connectivity index (χ4n) is 1.37. The highest BCUT2D eigenvalue weighted by Crippen LogP contribution is 2.30. The van der Waals surface area contributed by atoms with Crippen LogP contribution in [-0.2, 0) is 6.42 Å². The zero-order valence-electron chi connectivity index (χ0n) is 8.07. The SMILES string of the molecule is N#CCc1ccccc1OCC1CC1. The van der Waals surface area contributed by atoms with E-state index in [1.165, 1.54) is 12.8 Å². The lowest BCUT2D eigenvalue weighted by Gasteiger charge is -2.08. The summed E-state index contributed by atoms with van der Waals surface area (Å²) in [5.74, 6) is 1.63. The first-order valence-corrected chi connectivity index (χ1v) is 4.98. The molecule has 0 radical (unpaired) electrons. The minimum Gasteiger partial charge on any atom is -0.493 e. The normalized spacial score (nSPS) is 14.8. The van der Waals surface area contributed by atoms with Gasteiger partial charge in [-0.25, -0.2) is 0 Å². The molecule has 0 spiro atoms. The van der Waals surface area contributed by atoms with Gasteiger partial charge >= 0.3 is 0 Å². The highest BCUT2D eigenvalue weighted by molar-refractivity contribution is 5.35. The molecule has 1 aromatic carbocycles. The molecule has 2 nitrogen and oxygen atoms in total. The van der Waals surface area contributed by atoms with Gasteiger partial charge in [0.2, 0.25) is 0 Å². The fourth-order valence-corrected chi connectivity index (χ4v) is 1.37. The van der Waals surface area contributed by atoms with Crippen LogP contribution >= 0.6 is 0 Å². The molecule has 2 rings (SSSR count). The highest BCUT2D eigenvalue weighted by Gasteiger charge is 2.22. The molecule has 0 amide bonds. The summed E-state index contributed by atoms with van der Waals surface area (Å²) in [7, 11) is 0. The third-order valence-electron chi connectivity index (χ3n) is 2.41. The van der Waals surface area contributed by atoms with Gasteiger partial charge in [0.25, 0.3) is 0 Å². The van der Waals surface area contributed by atoms with Crippen LogP contribution in [-0.4, -0.2) is 6.61 Å². The van der Waals surface area contributed by atoms with Crippen LogP contribution in [0.25, 0.3) is 0 Å². The molecule has 2 heteroatoms. The van der Waals surface area contributed by atoms with Crippen LogP contribution in [0.15, 0.2) is 24.3 Å². The van der Waals surface area contributed by atoms with Crippen LogP contribution in [0.3, 0.4) is 0 Å². The first-order valence-electron chi connectivity index (χ1n) is 4.98. The van der Waals surface area contributed by atoms with E-state index in [0.717, 1.165) is 23.8 Å². The lowest BCUT2D eigenvalue weighted by molar-refractivity contribution is 0.297. The first-order chi connectivity index (χ1) is 6.90. The molecule has 72 valence electrons. The molecule has 0 saturated heterocycles. The predicted octanol–water partition coefficient (Wildman–Crippen LogP) is 2.54. The van der Waals surface area contributed by atoms with Crippen LogP contribution in [0, 0.1) is 17.2 Å². The van der Waals surface area contributed by atoms with Crippen molar-refractivity contribution in [2.24, 2.45) is 5.92 Å². The Morgan fingerprint density at radius 2 is 2.14 bits per heavy atom. The zero-order valence-corrected chi connectivity index (χ0v) is 8.07. The number of hydrogen-bond donors (Lipinski definition) is 0. The Balaban J connectivity index is 2.02. The fraction of sp³-hybridized carbons (Fsp3) is 0.417. The van der Waals surface area contributed by atoms with Crippen molar-refractivity contribution in [2.75, 3.05) is 6.61 Å². The number of benzene rings is 1. The van der Waals surface area contributed by atoms with Crippen LogP contribution in [0.2, 0.25) is 0 Å². The molecule has 1 saturated carbocycles. The van der Waals surface area contributed by atoms with Crippen molar-refractivity contribution >= 4 is 0 Å². The Hall–Kier alpha value is -1.49. The molecule has 14 heavy (non-hydrogen) atoms. The van der Waals surface area contributed by atoms with Crippen molar-refractivity contribution in [3.8, 4) is 11.8 Å². The maximum absolute atomic E-state index is 8.63. The van der Waals surface area contributed by atoms with Crippen molar-refractivity contribution in [3.05, 3.63) is 29.8 Å². The summed E-state index contributed by atoms with van der Waals surface area (Å²) >= 11 is 0. The number of hydrogen-bond acceptors (Lipinski definition) is 2. The second-order valence-corrected chi connectivity index (χ2v) is 3.70. The van der Waals surface area contributed by atoms with Crippen LogP contribution in [0.4, 0.5) is 0 Å². The summed E-state index contributed by atoms with van der Waals surface area (Å²) in [5.41, 5.74) is 0.996. The quantitative estimate of drug-likeness (QED) is 0.725. The summed E-state index contributed by atoms with van der Waals surface area (Å²) < 4.78 is 5.66. The average molecular weight is 187 g/mol. The van der Waals surface area contributed by atoms with E-state index in [1.807, 2.05) is 24.3 Å². The maximum atomic E-state index is 8.63. The molecule has 0 aliphatic heterocycles. The van der Waals surface area contributed by atoms with Crippen molar-refractivity contribution in [3.63, 3.8) is 0 Å². The van der Waals surface area contributed by atoms with Gasteiger partial charge in [-0.05, 0) is 24.8 Å². The van der Waals surface area contributed by atoms with Gasteiger partial charge in [0, 0.05) is 5.56 Å². The Morgan fingerprint density at radius 1 is 1.36 bits per heavy atom. The highest BCUT2D eigenvalue weighted by atomic mass is 16.5. The predicted molar refractivity (Wildman–Crippen MR) is 54.0 cm³/mol. The van der Waals surface area contributed by atoms with Gasteiger partial charge in [0.15, 0.2) is 0 Å². The second-order valence-electron chi connectivity index (χ2n) is 3.70. The smallest absolute Gasteiger partial charge is 0.123 e. The lowest BCUT2D eigenvalue weighted by Crippen LogP contribution is -2.01. The zero-order chi connectivity index (χ0) is 9.80. The van der Waals surface area contributed by atoms with E-state index in [-0.39, 0.29) is 0 Å². The number of nitrogens with zero attached hydrogens (tertiary/aromatic N) is 1. The summed E-state index contributed by atoms with van der Waals surface area (Å²) in [5, 5.41) is 8.63. The van der Waals surface area contributed by atoms with E-state index in [1.54, 1.807) is 0 Å². The Morgan fingerprint density at radius 3 is 2.86 bits per heavy atom. The standard InChI is InChI=1S/C12H13NO/c13-8-7-11-3-1-2-4-12(11)14-9-10-5-6-10/h1-4,10H,5-7,9H2. The van der Waals surface area contributed by atoms with E-state index in [2.05, 4.69) is 6.07 Å². The van der Waals surface area contributed by atoms with E-state index < -0.39 is 0 Å². The van der Waals surface area contributed by atoms with E-state index in [9.17, 15) is 0 Å². The molecular formula is C12H13NO. The van der Waals surface area contributed by atoms with Gasteiger partial charge in [-0.1, -0.05) is 18.2 Å². The monoisotopic (exact) mass is 187 g/mol. The number of ether oxygens (including phenoxy) is 1. The average Bonchev–Trinajstić information content (AvgIpc) is 3.01. The summed E-state index contributed by atoms with van der Waals surface area (Å²) in [6.07, 6.45) is 3.02. The van der Waals surface area contributed by atoms with Gasteiger partial charge in [0.1, 0.15) is 5.75 Å². The summed E-state index contributed by atoms with van der Waals surface area (Å²) in [6, 6.07) is 9.93. The van der Waals surface area contributed by atoms with Crippen LogP contribution in [0.5, 0.6) is 5.75 Å². The lowest BCUT2D eigenvalue weighted by atomic mass is 10.1. The van der Waals surface area contributed by atoms with Gasteiger partial charge in [-0.2, -0.15) is 5.26 Å². The van der Waals surface area contributed by atoms with E-state index in [0.29, 0.717) is 6.42 Å². The molecule has 0 atom stereocenters. The Labute approximate surface area is 84.1 Å². The molecular weight excluding hydrogens is 174 g/mol. The largest absolute Gasteiger partial charge is 0.493 e. The molecule has 0 heterocycles. The topological polar surface area (TPSA) is 33.0 Å². The van der Waals surface area contributed by atoms with Crippen molar-refractivity contribution in [2.45, 2.75) is 19.3 Å². The maximum Gasteiger partial charge on any atom is 0.123 e. The Kier molecular flexibility index (Phi) is 2.69. The molecule has 0 bridgehead atoms. The molecule has 0 aromatic heterocycles. The van der Waals surface area contributed by atoms with Crippen molar-refractivity contribution < 1.29 is 4.74 Å². The van der Waals surface area contributed by atoms with Crippen molar-refractivity contribution in [1.82, 2.24) is 0 Å². The first kappa shape index (κ1) is 9.08. The molecule has 0 unspecified atom stereocenters. The van der Waals surface area contributed by atoms with Gasteiger partial charge in [0.05, 0.1) is 19.1 Å². The molecule has 1 aliphatic rings. The van der Waals surface area contributed by atoms with Gasteiger partial charge in [-0.15, -0.1) is 0 Å². The summed E-state index contributed by atoms with van der Waals surface area (Å²) in [6.45, 7) is 0.808. The Bertz CT molecular complexity index is 350. The third-order valence-corrected chi connectivity index (χ3v) is 2.41. The van der Waals surface area contributed by atoms with Gasteiger partial charge in [-0.3, -0.25) is 0 Å². The van der Waals surface area contributed by atoms with Crippen molar-refractivity contribution in [1.29, 1.82) is 5.26 Å². The molecule has 0 N–H and O–H groups in total. The van der Waals surface area contributed by atoms with Crippen LogP contribution < -0.4 is 4.74 Å². The van der Waals surface area contributed by atoms with Gasteiger partial charge < -0.3 is 4.74 Å². The molecule has 1 aliphatic carbocycles.